The molecule has 4 nitrogen and oxygen atoms in total. The fraction of sp³-hybridized carbons (Fsp3) is 0.636. The zero-order chi connectivity index (χ0) is 11.7. The van der Waals surface area contributed by atoms with Crippen LogP contribution in [0.15, 0.2) is 0 Å². The molecule has 0 radical (unpaired) electrons. The maximum absolute atomic E-state index is 11.3. The van der Waals surface area contributed by atoms with E-state index in [9.17, 15) is 9.59 Å². The largest absolute Gasteiger partial charge is 0.480 e. The Morgan fingerprint density at radius 2 is 2.13 bits per heavy atom. The van der Waals surface area contributed by atoms with Gasteiger partial charge in [-0.15, -0.1) is 12.3 Å². The predicted octanol–water partition coefficient (Wildman–Crippen LogP) is 1.16. The molecule has 84 valence electrons. The Morgan fingerprint density at radius 3 is 2.60 bits per heavy atom. The average molecular weight is 211 g/mol. The van der Waals surface area contributed by atoms with E-state index in [1.807, 2.05) is 6.92 Å². The first-order chi connectivity index (χ1) is 7.11. The monoisotopic (exact) mass is 211 g/mol. The summed E-state index contributed by atoms with van der Waals surface area (Å²) in [4.78, 5) is 21.9. The van der Waals surface area contributed by atoms with E-state index in [-0.39, 0.29) is 12.3 Å². The minimum absolute atomic E-state index is 0.0227. The normalized spacial score (nSPS) is 11.5. The second-order valence-corrected chi connectivity index (χ2v) is 3.32. The Bertz CT molecular complexity index is 255. The number of nitrogens with one attached hydrogen (secondary N) is 1. The van der Waals surface area contributed by atoms with Crippen molar-refractivity contribution in [3.05, 3.63) is 0 Å². The zero-order valence-corrected chi connectivity index (χ0v) is 8.95. The van der Waals surface area contributed by atoms with Gasteiger partial charge in [0.25, 0.3) is 0 Å². The second-order valence-electron chi connectivity index (χ2n) is 3.32. The number of hydrogen-bond donors (Lipinski definition) is 2. The van der Waals surface area contributed by atoms with Gasteiger partial charge in [0.05, 0.1) is 0 Å². The average Bonchev–Trinajstić information content (AvgIpc) is 2.17. The number of terminal acetylenes is 1. The summed E-state index contributed by atoms with van der Waals surface area (Å²) in [6, 6.07) is -0.955. The lowest BCUT2D eigenvalue weighted by molar-refractivity contribution is -0.141. The molecule has 0 saturated heterocycles. The zero-order valence-electron chi connectivity index (χ0n) is 8.95. The van der Waals surface area contributed by atoms with Crippen molar-refractivity contribution in [1.82, 2.24) is 5.32 Å². The van der Waals surface area contributed by atoms with Crippen LogP contribution >= 0.6 is 0 Å². The molecular formula is C11H17NO3. The van der Waals surface area contributed by atoms with Gasteiger partial charge in [0.2, 0.25) is 5.91 Å². The molecule has 15 heavy (non-hydrogen) atoms. The van der Waals surface area contributed by atoms with E-state index >= 15 is 0 Å². The number of rotatable bonds is 7. The van der Waals surface area contributed by atoms with Crippen LogP contribution < -0.4 is 5.32 Å². The smallest absolute Gasteiger partial charge is 0.327 e. The van der Waals surface area contributed by atoms with Crippen molar-refractivity contribution in [1.29, 1.82) is 0 Å². The van der Waals surface area contributed by atoms with E-state index in [1.165, 1.54) is 0 Å². The molecule has 0 spiro atoms. The van der Waals surface area contributed by atoms with Crippen LogP contribution in [-0.2, 0) is 9.59 Å². The summed E-state index contributed by atoms with van der Waals surface area (Å²) in [6.07, 6.45) is 8.17. The van der Waals surface area contributed by atoms with Gasteiger partial charge in [0.15, 0.2) is 0 Å². The topological polar surface area (TPSA) is 66.4 Å². The standard InChI is InChI=1S/C11H17NO3/c1-3-5-6-8-10(13)12-9(7-4-2)11(14)15/h2,9H,3,5-8H2,1H3,(H,12,13)(H,14,15). The number of hydrogen-bond acceptors (Lipinski definition) is 2. The predicted molar refractivity (Wildman–Crippen MR) is 57.2 cm³/mol. The molecule has 0 saturated carbocycles. The second kappa shape index (κ2) is 7.86. The number of carboxylic acid groups (broad SMARTS) is 1. The third-order valence-corrected chi connectivity index (χ3v) is 1.96. The molecule has 0 aliphatic heterocycles. The minimum atomic E-state index is -1.09. The molecule has 0 bridgehead atoms. The number of unbranched alkanes of at least 4 members (excludes halogenated alkanes) is 2. The lowest BCUT2D eigenvalue weighted by Gasteiger charge is -2.11. The van der Waals surface area contributed by atoms with E-state index in [0.717, 1.165) is 19.3 Å². The van der Waals surface area contributed by atoms with Crippen molar-refractivity contribution in [2.75, 3.05) is 0 Å². The number of amides is 1. The number of carbonyl (C=O) groups excluding carboxylic acids is 1. The molecule has 0 aromatic heterocycles. The third kappa shape index (κ3) is 6.55. The molecule has 0 aliphatic carbocycles. The van der Waals surface area contributed by atoms with Gasteiger partial charge in [-0.1, -0.05) is 19.8 Å². The Kier molecular flexibility index (Phi) is 7.08. The molecule has 0 rings (SSSR count). The van der Waals surface area contributed by atoms with Gasteiger partial charge in [0.1, 0.15) is 6.04 Å². The minimum Gasteiger partial charge on any atom is -0.480 e. The van der Waals surface area contributed by atoms with Crippen LogP contribution in [0.25, 0.3) is 0 Å². The van der Waals surface area contributed by atoms with Crippen LogP contribution in [0.4, 0.5) is 0 Å². The van der Waals surface area contributed by atoms with Crippen LogP contribution in [0.1, 0.15) is 39.0 Å². The SMILES string of the molecule is C#CCC(NC(=O)CCCCC)C(=O)O. The molecular weight excluding hydrogens is 194 g/mol. The molecule has 0 heterocycles. The fourth-order valence-corrected chi connectivity index (χ4v) is 1.12. The molecule has 0 aromatic carbocycles. The molecule has 2 N–H and O–H groups in total. The van der Waals surface area contributed by atoms with E-state index in [2.05, 4.69) is 11.2 Å². The molecule has 0 aromatic rings. The van der Waals surface area contributed by atoms with Crippen LogP contribution in [0.2, 0.25) is 0 Å². The molecule has 1 unspecified atom stereocenters. The fourth-order valence-electron chi connectivity index (χ4n) is 1.12. The molecule has 0 aliphatic rings. The summed E-state index contributed by atoms with van der Waals surface area (Å²) >= 11 is 0. The summed E-state index contributed by atoms with van der Waals surface area (Å²) in [5.41, 5.74) is 0. The Morgan fingerprint density at radius 1 is 1.47 bits per heavy atom. The summed E-state index contributed by atoms with van der Waals surface area (Å²) in [7, 11) is 0. The van der Waals surface area contributed by atoms with Gasteiger partial charge in [-0.3, -0.25) is 4.79 Å². The summed E-state index contributed by atoms with van der Waals surface area (Å²) in [6.45, 7) is 2.04. The van der Waals surface area contributed by atoms with Crippen LogP contribution in [-0.4, -0.2) is 23.0 Å². The van der Waals surface area contributed by atoms with Gasteiger partial charge >= 0.3 is 5.97 Å². The number of aliphatic carboxylic acids is 1. The molecule has 0 fully saturated rings. The van der Waals surface area contributed by atoms with E-state index in [4.69, 9.17) is 11.5 Å². The summed E-state index contributed by atoms with van der Waals surface area (Å²) in [5.74, 6) is 0.896. The van der Waals surface area contributed by atoms with Gasteiger partial charge in [0, 0.05) is 12.8 Å². The van der Waals surface area contributed by atoms with E-state index in [0.29, 0.717) is 6.42 Å². The highest BCUT2D eigenvalue weighted by molar-refractivity contribution is 5.83. The Balaban J connectivity index is 3.90. The summed E-state index contributed by atoms with van der Waals surface area (Å²) < 4.78 is 0. The molecule has 1 amide bonds. The number of carbonyl (C=O) groups is 2. The molecule has 4 heteroatoms. The summed E-state index contributed by atoms with van der Waals surface area (Å²) in [5, 5.41) is 11.1. The first kappa shape index (κ1) is 13.5. The van der Waals surface area contributed by atoms with Crippen molar-refractivity contribution in [3.63, 3.8) is 0 Å². The first-order valence-electron chi connectivity index (χ1n) is 5.07. The first-order valence-corrected chi connectivity index (χ1v) is 5.07. The van der Waals surface area contributed by atoms with Crippen LogP contribution in [0, 0.1) is 12.3 Å². The number of carboxylic acids is 1. The highest BCUT2D eigenvalue weighted by Gasteiger charge is 2.17. The van der Waals surface area contributed by atoms with Gasteiger partial charge in [-0.25, -0.2) is 4.79 Å². The van der Waals surface area contributed by atoms with Crippen LogP contribution in [0.3, 0.4) is 0 Å². The maximum Gasteiger partial charge on any atom is 0.327 e. The van der Waals surface area contributed by atoms with Gasteiger partial charge < -0.3 is 10.4 Å². The van der Waals surface area contributed by atoms with E-state index < -0.39 is 12.0 Å². The Hall–Kier alpha value is -1.50. The van der Waals surface area contributed by atoms with Crippen molar-refractivity contribution < 1.29 is 14.7 Å². The lowest BCUT2D eigenvalue weighted by atomic mass is 10.1. The van der Waals surface area contributed by atoms with Crippen LogP contribution in [0.5, 0.6) is 0 Å². The Labute approximate surface area is 90.1 Å². The maximum atomic E-state index is 11.3. The quantitative estimate of drug-likeness (QED) is 0.490. The van der Waals surface area contributed by atoms with Gasteiger partial charge in [-0.2, -0.15) is 0 Å². The van der Waals surface area contributed by atoms with Crippen molar-refractivity contribution in [2.45, 2.75) is 45.1 Å². The third-order valence-electron chi connectivity index (χ3n) is 1.96. The lowest BCUT2D eigenvalue weighted by Crippen LogP contribution is -2.40. The highest BCUT2D eigenvalue weighted by Crippen LogP contribution is 2.00. The van der Waals surface area contributed by atoms with E-state index in [1.54, 1.807) is 0 Å². The van der Waals surface area contributed by atoms with Gasteiger partial charge in [-0.05, 0) is 6.42 Å². The van der Waals surface area contributed by atoms with Crippen molar-refractivity contribution >= 4 is 11.9 Å². The highest BCUT2D eigenvalue weighted by atomic mass is 16.4. The van der Waals surface area contributed by atoms with Crippen molar-refractivity contribution in [2.24, 2.45) is 0 Å². The molecule has 1 atom stereocenters. The van der Waals surface area contributed by atoms with Crippen molar-refractivity contribution in [3.8, 4) is 12.3 Å².